The number of carbonyl (C=O) groups is 1. The first-order chi connectivity index (χ1) is 15.2. The molecule has 0 unspecified atom stereocenters. The standard InChI is InChI=1S/C20H20BrF5N4O2S/c1-19(2,3)32-18(31)30-9-4-5-10(30)8-29(7-9)16-11-6-12(33-20(24,25)26)13(21)14(22)15(11)27-17(23)28-16/h6,9-10H,4-5,7-8H2,1-3H3/t9-,10+. The first kappa shape index (κ1) is 24.2. The lowest BCUT2D eigenvalue weighted by Gasteiger charge is -2.42. The molecule has 1 aromatic heterocycles. The van der Waals surface area contributed by atoms with Gasteiger partial charge in [-0.25, -0.2) is 9.18 Å². The van der Waals surface area contributed by atoms with Crippen LogP contribution >= 0.6 is 27.7 Å². The lowest BCUT2D eigenvalue weighted by atomic mass is 10.1. The third kappa shape index (κ3) is 4.98. The van der Waals surface area contributed by atoms with Crippen LogP contribution < -0.4 is 4.90 Å². The number of hydrogen-bond acceptors (Lipinski definition) is 6. The second kappa shape index (κ2) is 8.40. The molecule has 2 aromatic rings. The number of anilines is 1. The molecule has 2 aliphatic heterocycles. The molecule has 13 heteroatoms. The average molecular weight is 555 g/mol. The number of hydrogen-bond donors (Lipinski definition) is 0. The molecule has 1 aromatic carbocycles. The zero-order chi connectivity index (χ0) is 24.3. The Morgan fingerprint density at radius 1 is 1.15 bits per heavy atom. The third-order valence-electron chi connectivity index (χ3n) is 5.40. The number of thioether (sulfide) groups is 1. The van der Waals surface area contributed by atoms with Gasteiger partial charge in [0.1, 0.15) is 16.9 Å². The van der Waals surface area contributed by atoms with Gasteiger partial charge in [-0.05, 0) is 67.4 Å². The lowest BCUT2D eigenvalue weighted by molar-refractivity contribution is -0.0328. The molecule has 180 valence electrons. The quantitative estimate of drug-likeness (QED) is 0.263. The molecule has 2 atom stereocenters. The normalized spacial score (nSPS) is 21.1. The van der Waals surface area contributed by atoms with E-state index in [0.29, 0.717) is 12.8 Å². The van der Waals surface area contributed by atoms with Crippen molar-refractivity contribution in [2.45, 2.75) is 61.7 Å². The molecule has 0 spiro atoms. The van der Waals surface area contributed by atoms with Crippen LogP contribution in [-0.4, -0.2) is 57.2 Å². The molecule has 2 bridgehead atoms. The van der Waals surface area contributed by atoms with E-state index in [1.807, 2.05) is 0 Å². The molecule has 0 N–H and O–H groups in total. The van der Waals surface area contributed by atoms with Crippen LogP contribution in [0, 0.1) is 11.9 Å². The van der Waals surface area contributed by atoms with E-state index in [4.69, 9.17) is 4.74 Å². The molecule has 0 aliphatic carbocycles. The SMILES string of the molecule is CC(C)(C)OC(=O)N1[C@@H]2CC[C@H]1CN(c1nc(F)nc3c(F)c(Br)c(SC(F)(F)F)cc13)C2. The summed E-state index contributed by atoms with van der Waals surface area (Å²) in [5.74, 6) is -1.11. The van der Waals surface area contributed by atoms with Crippen LogP contribution in [0.4, 0.5) is 32.6 Å². The van der Waals surface area contributed by atoms with Gasteiger partial charge in [0.2, 0.25) is 0 Å². The molecule has 4 rings (SSSR count). The van der Waals surface area contributed by atoms with Crippen LogP contribution in [0.2, 0.25) is 0 Å². The molecule has 0 saturated carbocycles. The van der Waals surface area contributed by atoms with Crippen LogP contribution in [0.1, 0.15) is 33.6 Å². The molecule has 2 saturated heterocycles. The van der Waals surface area contributed by atoms with Crippen molar-refractivity contribution in [1.82, 2.24) is 14.9 Å². The van der Waals surface area contributed by atoms with Gasteiger partial charge >= 0.3 is 17.7 Å². The summed E-state index contributed by atoms with van der Waals surface area (Å²) in [6.07, 6.45) is -0.282. The summed E-state index contributed by atoms with van der Waals surface area (Å²) in [6.45, 7) is 5.80. The summed E-state index contributed by atoms with van der Waals surface area (Å²) < 4.78 is 73.1. The summed E-state index contributed by atoms with van der Waals surface area (Å²) in [7, 11) is 0. The highest BCUT2D eigenvalue weighted by Gasteiger charge is 2.45. The van der Waals surface area contributed by atoms with Crippen LogP contribution in [0.15, 0.2) is 15.4 Å². The number of alkyl halides is 3. The first-order valence-corrected chi connectivity index (χ1v) is 11.7. The number of carbonyl (C=O) groups excluding carboxylic acids is 1. The van der Waals surface area contributed by atoms with Crippen LogP contribution in [0.25, 0.3) is 10.9 Å². The Hall–Kier alpha value is -1.89. The van der Waals surface area contributed by atoms with Gasteiger partial charge in [0, 0.05) is 23.4 Å². The van der Waals surface area contributed by atoms with Gasteiger partial charge in [-0.1, -0.05) is 0 Å². The second-order valence-corrected chi connectivity index (χ2v) is 10.8. The number of halogens is 6. The minimum absolute atomic E-state index is 0.00587. The summed E-state index contributed by atoms with van der Waals surface area (Å²) in [5.41, 5.74) is -5.74. The Morgan fingerprint density at radius 2 is 1.76 bits per heavy atom. The highest BCUT2D eigenvalue weighted by Crippen LogP contribution is 2.44. The molecule has 6 nitrogen and oxygen atoms in total. The van der Waals surface area contributed by atoms with Crippen molar-refractivity contribution in [3.63, 3.8) is 0 Å². The summed E-state index contributed by atoms with van der Waals surface area (Å²) in [5, 5.41) is -0.0334. The summed E-state index contributed by atoms with van der Waals surface area (Å²) >= 11 is 2.34. The van der Waals surface area contributed by atoms with Crippen molar-refractivity contribution in [1.29, 1.82) is 0 Å². The predicted molar refractivity (Wildman–Crippen MR) is 116 cm³/mol. The molecule has 1 amide bonds. The molecular weight excluding hydrogens is 535 g/mol. The van der Waals surface area contributed by atoms with Crippen LogP contribution in [0.5, 0.6) is 0 Å². The monoisotopic (exact) mass is 554 g/mol. The Labute approximate surface area is 199 Å². The van der Waals surface area contributed by atoms with Gasteiger partial charge in [0.25, 0.3) is 0 Å². The van der Waals surface area contributed by atoms with E-state index >= 15 is 0 Å². The van der Waals surface area contributed by atoms with Crippen molar-refractivity contribution in [2.24, 2.45) is 0 Å². The maximum absolute atomic E-state index is 14.9. The number of benzene rings is 1. The molecule has 3 heterocycles. The largest absolute Gasteiger partial charge is 0.446 e. The van der Waals surface area contributed by atoms with E-state index in [9.17, 15) is 26.7 Å². The van der Waals surface area contributed by atoms with Gasteiger partial charge in [0.15, 0.2) is 5.82 Å². The highest BCUT2D eigenvalue weighted by atomic mass is 79.9. The van der Waals surface area contributed by atoms with Crippen molar-refractivity contribution in [2.75, 3.05) is 18.0 Å². The fourth-order valence-corrected chi connectivity index (χ4v) is 5.42. The summed E-state index contributed by atoms with van der Waals surface area (Å²) in [6, 6.07) is 0.601. The van der Waals surface area contributed by atoms with E-state index < -0.39 is 55.7 Å². The smallest absolute Gasteiger partial charge is 0.444 e. The molecule has 2 aliphatic rings. The number of aromatic nitrogens is 2. The van der Waals surface area contributed by atoms with Gasteiger partial charge in [-0.15, -0.1) is 0 Å². The van der Waals surface area contributed by atoms with Crippen molar-refractivity contribution in [3.05, 3.63) is 22.4 Å². The molecule has 33 heavy (non-hydrogen) atoms. The number of nitrogens with zero attached hydrogens (tertiary/aromatic N) is 4. The van der Waals surface area contributed by atoms with Gasteiger partial charge in [-0.2, -0.15) is 27.5 Å². The third-order valence-corrected chi connectivity index (χ3v) is 7.21. The average Bonchev–Trinajstić information content (AvgIpc) is 2.94. The second-order valence-electron chi connectivity index (χ2n) is 8.94. The first-order valence-electron chi connectivity index (χ1n) is 10.1. The Kier molecular flexibility index (Phi) is 6.17. The zero-order valence-electron chi connectivity index (χ0n) is 17.8. The Morgan fingerprint density at radius 3 is 2.30 bits per heavy atom. The van der Waals surface area contributed by atoms with E-state index in [0.717, 1.165) is 6.07 Å². The van der Waals surface area contributed by atoms with Crippen LogP contribution in [0.3, 0.4) is 0 Å². The van der Waals surface area contributed by atoms with Gasteiger partial charge < -0.3 is 9.64 Å². The Bertz CT molecular complexity index is 1100. The van der Waals surface area contributed by atoms with Crippen LogP contribution in [-0.2, 0) is 4.74 Å². The van der Waals surface area contributed by atoms with Gasteiger partial charge in [-0.3, -0.25) is 4.90 Å². The number of rotatable bonds is 2. The van der Waals surface area contributed by atoms with Gasteiger partial charge in [0.05, 0.1) is 16.6 Å². The number of amides is 1. The Balaban J connectivity index is 1.71. The fourth-order valence-electron chi connectivity index (χ4n) is 4.27. The maximum Gasteiger partial charge on any atom is 0.446 e. The molecule has 2 fully saturated rings. The van der Waals surface area contributed by atoms with E-state index in [1.54, 1.807) is 30.6 Å². The summed E-state index contributed by atoms with van der Waals surface area (Å²) in [4.78, 5) is 22.9. The van der Waals surface area contributed by atoms with Crippen molar-refractivity contribution < 1.29 is 31.5 Å². The van der Waals surface area contributed by atoms with Crippen molar-refractivity contribution >= 4 is 50.5 Å². The van der Waals surface area contributed by atoms with E-state index in [1.165, 1.54) is 0 Å². The number of ether oxygens (including phenoxy) is 1. The predicted octanol–water partition coefficient (Wildman–Crippen LogP) is 5.87. The lowest BCUT2D eigenvalue weighted by Crippen LogP contribution is -2.57. The molecule has 0 radical (unpaired) electrons. The van der Waals surface area contributed by atoms with Crippen molar-refractivity contribution in [3.8, 4) is 0 Å². The highest BCUT2D eigenvalue weighted by molar-refractivity contribution is 9.10. The minimum atomic E-state index is -4.65. The molecular formula is C20H20BrF5N4O2S. The fraction of sp³-hybridized carbons (Fsp3) is 0.550. The van der Waals surface area contributed by atoms with E-state index in [-0.39, 0.29) is 36.4 Å². The van der Waals surface area contributed by atoms with E-state index in [2.05, 4.69) is 25.9 Å². The zero-order valence-corrected chi connectivity index (χ0v) is 20.2. The minimum Gasteiger partial charge on any atom is -0.444 e. The maximum atomic E-state index is 14.9. The number of fused-ring (bicyclic) bond motifs is 3. The number of piperazine rings is 1. The topological polar surface area (TPSA) is 58.6 Å².